The fourth-order valence-electron chi connectivity index (χ4n) is 2.60. The molecule has 22 heavy (non-hydrogen) atoms. The molecule has 4 heteroatoms. The number of pyridine rings is 1. The van der Waals surface area contributed by atoms with Crippen LogP contribution in [0.4, 0.5) is 0 Å². The molecule has 0 radical (unpaired) electrons. The summed E-state index contributed by atoms with van der Waals surface area (Å²) >= 11 is 5.38. The fourth-order valence-corrected chi connectivity index (χ4v) is 4.31. The lowest BCUT2D eigenvalue weighted by molar-refractivity contribution is 1.25. The molecular weight excluding hydrogens is 356 g/mol. The van der Waals surface area contributed by atoms with E-state index >= 15 is 0 Å². The largest absolute Gasteiger partial charge is 0.253 e. The van der Waals surface area contributed by atoms with Crippen LogP contribution in [0.15, 0.2) is 46.9 Å². The van der Waals surface area contributed by atoms with Gasteiger partial charge in [0.25, 0.3) is 0 Å². The van der Waals surface area contributed by atoms with Crippen LogP contribution in [0.3, 0.4) is 0 Å². The minimum atomic E-state index is 1.01. The maximum Gasteiger partial charge on any atom is 0.124 e. The molecular formula is C18H13BrN2S. The van der Waals surface area contributed by atoms with Gasteiger partial charge >= 0.3 is 0 Å². The Morgan fingerprint density at radius 3 is 2.59 bits per heavy atom. The van der Waals surface area contributed by atoms with Crippen LogP contribution >= 0.6 is 27.3 Å². The number of thiazole rings is 1. The Bertz CT molecular complexity index is 1020. The van der Waals surface area contributed by atoms with E-state index in [0.717, 1.165) is 37.2 Å². The molecule has 108 valence electrons. The predicted octanol–water partition coefficient (Wildman–Crippen LogP) is 5.89. The number of benzene rings is 2. The standard InChI is InChI=1S/C18H13BrN2S/c1-10-3-5-16-17(7-10)22-18(21-16)12-4-6-15-13(9-12)14(19)8-11(2)20-15/h3-9H,1-2H3. The molecule has 0 spiro atoms. The minimum Gasteiger partial charge on any atom is -0.253 e. The normalized spacial score (nSPS) is 11.4. The number of rotatable bonds is 1. The van der Waals surface area contributed by atoms with E-state index in [9.17, 15) is 0 Å². The summed E-state index contributed by atoms with van der Waals surface area (Å²) in [5.41, 5.74) is 5.49. The second-order valence-corrected chi connectivity index (χ2v) is 7.35. The highest BCUT2D eigenvalue weighted by molar-refractivity contribution is 9.10. The van der Waals surface area contributed by atoms with Crippen molar-refractivity contribution in [3.8, 4) is 10.6 Å². The Morgan fingerprint density at radius 2 is 1.73 bits per heavy atom. The van der Waals surface area contributed by atoms with Crippen molar-refractivity contribution in [3.63, 3.8) is 0 Å². The summed E-state index contributed by atoms with van der Waals surface area (Å²) in [5, 5.41) is 2.17. The number of hydrogen-bond acceptors (Lipinski definition) is 3. The van der Waals surface area contributed by atoms with Gasteiger partial charge < -0.3 is 0 Å². The summed E-state index contributed by atoms with van der Waals surface area (Å²) in [4.78, 5) is 9.34. The zero-order chi connectivity index (χ0) is 15.3. The number of aromatic nitrogens is 2. The van der Waals surface area contributed by atoms with Crippen molar-refractivity contribution in [1.82, 2.24) is 9.97 Å². The van der Waals surface area contributed by atoms with E-state index < -0.39 is 0 Å². The molecule has 2 aromatic heterocycles. The molecule has 0 aliphatic carbocycles. The van der Waals surface area contributed by atoms with Crippen LogP contribution in [-0.4, -0.2) is 9.97 Å². The fraction of sp³-hybridized carbons (Fsp3) is 0.111. The van der Waals surface area contributed by atoms with Crippen LogP contribution in [0.1, 0.15) is 11.3 Å². The molecule has 0 saturated carbocycles. The Hall–Kier alpha value is -1.78. The average Bonchev–Trinajstić information content (AvgIpc) is 2.89. The lowest BCUT2D eigenvalue weighted by Gasteiger charge is -2.04. The van der Waals surface area contributed by atoms with Crippen LogP contribution < -0.4 is 0 Å². The van der Waals surface area contributed by atoms with Crippen LogP contribution in [0.2, 0.25) is 0 Å². The van der Waals surface area contributed by atoms with E-state index in [0.29, 0.717) is 0 Å². The van der Waals surface area contributed by atoms with Gasteiger partial charge in [-0.1, -0.05) is 22.0 Å². The summed E-state index contributed by atoms with van der Waals surface area (Å²) in [6.07, 6.45) is 0. The van der Waals surface area contributed by atoms with Gasteiger partial charge in [-0.05, 0) is 55.8 Å². The molecule has 0 fully saturated rings. The molecule has 0 unspecified atom stereocenters. The van der Waals surface area contributed by atoms with E-state index in [1.165, 1.54) is 10.3 Å². The number of fused-ring (bicyclic) bond motifs is 2. The SMILES string of the molecule is Cc1ccc2nc(-c3ccc4nc(C)cc(Br)c4c3)sc2c1. The van der Waals surface area contributed by atoms with Crippen molar-refractivity contribution in [2.24, 2.45) is 0 Å². The molecule has 0 aliphatic rings. The Morgan fingerprint density at radius 1 is 0.909 bits per heavy atom. The van der Waals surface area contributed by atoms with E-state index in [1.54, 1.807) is 11.3 Å². The molecule has 4 aromatic rings. The summed E-state index contributed by atoms with van der Waals surface area (Å²) in [5.74, 6) is 0. The van der Waals surface area contributed by atoms with Gasteiger partial charge in [-0.3, -0.25) is 4.98 Å². The molecule has 2 nitrogen and oxygen atoms in total. The molecule has 2 heterocycles. The summed E-state index contributed by atoms with van der Waals surface area (Å²) in [7, 11) is 0. The van der Waals surface area contributed by atoms with Crippen molar-refractivity contribution < 1.29 is 0 Å². The topological polar surface area (TPSA) is 25.8 Å². The highest BCUT2D eigenvalue weighted by Crippen LogP contribution is 2.33. The first-order valence-electron chi connectivity index (χ1n) is 7.05. The third kappa shape index (κ3) is 2.32. The predicted molar refractivity (Wildman–Crippen MR) is 97.5 cm³/mol. The van der Waals surface area contributed by atoms with Crippen LogP contribution in [0, 0.1) is 13.8 Å². The quantitative estimate of drug-likeness (QED) is 0.418. The Balaban J connectivity index is 1.92. The number of hydrogen-bond donors (Lipinski definition) is 0. The highest BCUT2D eigenvalue weighted by atomic mass is 79.9. The molecule has 0 saturated heterocycles. The lowest BCUT2D eigenvalue weighted by Crippen LogP contribution is -1.86. The van der Waals surface area contributed by atoms with Crippen molar-refractivity contribution in [2.75, 3.05) is 0 Å². The minimum absolute atomic E-state index is 1.01. The van der Waals surface area contributed by atoms with Gasteiger partial charge in [0.2, 0.25) is 0 Å². The van der Waals surface area contributed by atoms with Crippen molar-refractivity contribution in [3.05, 3.63) is 58.2 Å². The van der Waals surface area contributed by atoms with E-state index in [2.05, 4.69) is 64.2 Å². The van der Waals surface area contributed by atoms with Crippen molar-refractivity contribution in [1.29, 1.82) is 0 Å². The zero-order valence-electron chi connectivity index (χ0n) is 12.2. The second-order valence-electron chi connectivity index (χ2n) is 5.47. The van der Waals surface area contributed by atoms with Crippen LogP contribution in [0.5, 0.6) is 0 Å². The van der Waals surface area contributed by atoms with Crippen molar-refractivity contribution >= 4 is 48.4 Å². The van der Waals surface area contributed by atoms with Gasteiger partial charge in [-0.15, -0.1) is 11.3 Å². The summed E-state index contributed by atoms with van der Waals surface area (Å²) < 4.78 is 2.31. The van der Waals surface area contributed by atoms with Gasteiger partial charge in [0.15, 0.2) is 0 Å². The monoisotopic (exact) mass is 368 g/mol. The van der Waals surface area contributed by atoms with Gasteiger partial charge in [-0.25, -0.2) is 4.98 Å². The number of aryl methyl sites for hydroxylation is 2. The zero-order valence-corrected chi connectivity index (χ0v) is 14.6. The van der Waals surface area contributed by atoms with Crippen LogP contribution in [0.25, 0.3) is 31.7 Å². The van der Waals surface area contributed by atoms with Gasteiger partial charge in [-0.2, -0.15) is 0 Å². The van der Waals surface area contributed by atoms with Crippen LogP contribution in [-0.2, 0) is 0 Å². The molecule has 4 rings (SSSR count). The first kappa shape index (κ1) is 13.9. The summed E-state index contributed by atoms with van der Waals surface area (Å²) in [6.45, 7) is 4.12. The second kappa shape index (κ2) is 5.14. The summed E-state index contributed by atoms with van der Waals surface area (Å²) in [6, 6.07) is 14.8. The lowest BCUT2D eigenvalue weighted by atomic mass is 10.1. The average molecular weight is 369 g/mol. The molecule has 2 aromatic carbocycles. The van der Waals surface area contributed by atoms with E-state index in [1.807, 2.05) is 13.0 Å². The number of halogens is 1. The Labute approximate surface area is 141 Å². The first-order chi connectivity index (χ1) is 10.6. The smallest absolute Gasteiger partial charge is 0.124 e. The maximum atomic E-state index is 4.76. The maximum absolute atomic E-state index is 4.76. The van der Waals surface area contributed by atoms with E-state index in [-0.39, 0.29) is 0 Å². The first-order valence-corrected chi connectivity index (χ1v) is 8.65. The molecule has 0 aliphatic heterocycles. The van der Waals surface area contributed by atoms with Gasteiger partial charge in [0, 0.05) is 21.1 Å². The highest BCUT2D eigenvalue weighted by Gasteiger charge is 2.09. The number of nitrogens with zero attached hydrogens (tertiary/aromatic N) is 2. The van der Waals surface area contributed by atoms with Crippen molar-refractivity contribution in [2.45, 2.75) is 13.8 Å². The molecule has 0 N–H and O–H groups in total. The van der Waals surface area contributed by atoms with Gasteiger partial charge in [0.1, 0.15) is 5.01 Å². The van der Waals surface area contributed by atoms with E-state index in [4.69, 9.17) is 4.98 Å². The third-order valence-corrected chi connectivity index (χ3v) is 5.40. The van der Waals surface area contributed by atoms with Gasteiger partial charge in [0.05, 0.1) is 15.7 Å². The third-order valence-electron chi connectivity index (χ3n) is 3.68. The molecule has 0 atom stereocenters. The molecule has 0 bridgehead atoms. The molecule has 0 amide bonds. The Kier molecular flexibility index (Phi) is 3.24.